The predicted molar refractivity (Wildman–Crippen MR) is 61.2 cm³/mol. The summed E-state index contributed by atoms with van der Waals surface area (Å²) in [5, 5.41) is 3.23. The minimum Gasteiger partial charge on any atom is -0.496 e. The van der Waals surface area contributed by atoms with Crippen molar-refractivity contribution in [3.63, 3.8) is 0 Å². The zero-order valence-electron chi connectivity index (χ0n) is 9.59. The minimum absolute atomic E-state index is 0.0816. The fourth-order valence-corrected chi connectivity index (χ4v) is 2.28. The van der Waals surface area contributed by atoms with Crippen molar-refractivity contribution in [1.82, 2.24) is 5.32 Å². The molecule has 3 N–H and O–H groups in total. The topological polar surface area (TPSA) is 47.3 Å². The van der Waals surface area contributed by atoms with Gasteiger partial charge in [0.15, 0.2) is 0 Å². The van der Waals surface area contributed by atoms with Crippen LogP contribution in [0.1, 0.15) is 18.4 Å². The fraction of sp³-hybridized carbons (Fsp3) is 0.500. The van der Waals surface area contributed by atoms with E-state index in [1.165, 1.54) is 12.1 Å². The maximum Gasteiger partial charge on any atom is 0.123 e. The molecule has 1 aromatic carbocycles. The summed E-state index contributed by atoms with van der Waals surface area (Å²) in [6, 6.07) is 4.57. The van der Waals surface area contributed by atoms with Gasteiger partial charge in [0.2, 0.25) is 0 Å². The first kappa shape index (κ1) is 11.4. The molecule has 0 unspecified atom stereocenters. The average molecular weight is 224 g/mol. The minimum atomic E-state index is -0.360. The van der Waals surface area contributed by atoms with E-state index in [9.17, 15) is 4.39 Å². The number of hydrogen-bond donors (Lipinski definition) is 2. The highest BCUT2D eigenvalue weighted by Gasteiger charge is 2.37. The van der Waals surface area contributed by atoms with E-state index in [2.05, 4.69) is 5.32 Å². The number of halogens is 1. The highest BCUT2D eigenvalue weighted by molar-refractivity contribution is 5.40. The van der Waals surface area contributed by atoms with Gasteiger partial charge < -0.3 is 15.8 Å². The van der Waals surface area contributed by atoms with Crippen molar-refractivity contribution in [2.75, 3.05) is 20.2 Å². The smallest absolute Gasteiger partial charge is 0.123 e. The van der Waals surface area contributed by atoms with Crippen LogP contribution in [0.25, 0.3) is 0 Å². The number of benzene rings is 1. The molecule has 2 rings (SSSR count). The van der Waals surface area contributed by atoms with Crippen molar-refractivity contribution in [2.24, 2.45) is 5.73 Å². The van der Waals surface area contributed by atoms with E-state index < -0.39 is 0 Å². The molecule has 1 fully saturated rings. The number of methoxy groups -OCH3 is 1. The zero-order valence-corrected chi connectivity index (χ0v) is 9.59. The van der Waals surface area contributed by atoms with Crippen molar-refractivity contribution in [2.45, 2.75) is 18.4 Å². The van der Waals surface area contributed by atoms with Gasteiger partial charge in [-0.2, -0.15) is 0 Å². The number of nitrogens with two attached hydrogens (primary N) is 1. The molecule has 0 saturated carbocycles. The lowest BCUT2D eigenvalue weighted by Crippen LogP contribution is -2.43. The second kappa shape index (κ2) is 4.03. The summed E-state index contributed by atoms with van der Waals surface area (Å²) < 4.78 is 18.5. The number of hydrogen-bond acceptors (Lipinski definition) is 3. The van der Waals surface area contributed by atoms with Crippen LogP contribution < -0.4 is 15.8 Å². The molecule has 1 aliphatic heterocycles. The first-order chi connectivity index (χ1) is 7.54. The van der Waals surface area contributed by atoms with E-state index in [1.54, 1.807) is 13.2 Å². The Morgan fingerprint density at radius 1 is 1.56 bits per heavy atom. The van der Waals surface area contributed by atoms with Crippen LogP contribution in [0.4, 0.5) is 4.39 Å². The Morgan fingerprint density at radius 3 is 2.88 bits per heavy atom. The molecule has 0 spiro atoms. The number of ether oxygens (including phenoxy) is 1. The molecular weight excluding hydrogens is 207 g/mol. The standard InChI is InChI=1S/C12H17FN2O/c1-12(14)7-15-6-10(12)9-5-8(13)3-4-11(9)16-2/h3-5,10,15H,6-7,14H2,1-2H3/t10-,12+/m0/s1. The van der Waals surface area contributed by atoms with Crippen molar-refractivity contribution >= 4 is 0 Å². The van der Waals surface area contributed by atoms with Gasteiger partial charge in [0, 0.05) is 30.1 Å². The number of rotatable bonds is 2. The molecule has 0 bridgehead atoms. The van der Waals surface area contributed by atoms with Crippen molar-refractivity contribution in [1.29, 1.82) is 0 Å². The molecule has 3 nitrogen and oxygen atoms in total. The highest BCUT2D eigenvalue weighted by atomic mass is 19.1. The van der Waals surface area contributed by atoms with Crippen molar-refractivity contribution < 1.29 is 9.13 Å². The molecule has 16 heavy (non-hydrogen) atoms. The molecule has 0 aliphatic carbocycles. The summed E-state index contributed by atoms with van der Waals surface area (Å²) in [5.41, 5.74) is 6.67. The van der Waals surface area contributed by atoms with E-state index in [0.29, 0.717) is 5.75 Å². The van der Waals surface area contributed by atoms with Crippen LogP contribution >= 0.6 is 0 Å². The van der Waals surface area contributed by atoms with Gasteiger partial charge in [-0.15, -0.1) is 0 Å². The summed E-state index contributed by atoms with van der Waals surface area (Å²) in [6.45, 7) is 3.46. The van der Waals surface area contributed by atoms with Crippen LogP contribution in [-0.2, 0) is 0 Å². The van der Waals surface area contributed by atoms with Crippen LogP contribution in [0.15, 0.2) is 18.2 Å². The Hall–Kier alpha value is -1.13. The maximum atomic E-state index is 13.3. The SMILES string of the molecule is COc1ccc(F)cc1[C@@H]1CNC[C@@]1(C)N. The molecular formula is C12H17FN2O. The van der Waals surface area contributed by atoms with Crippen LogP contribution in [-0.4, -0.2) is 25.7 Å². The molecule has 1 aromatic rings. The second-order valence-corrected chi connectivity index (χ2v) is 4.58. The summed E-state index contributed by atoms with van der Waals surface area (Å²) in [6.07, 6.45) is 0. The van der Waals surface area contributed by atoms with Crippen molar-refractivity contribution in [3.05, 3.63) is 29.6 Å². The fourth-order valence-electron chi connectivity index (χ4n) is 2.28. The van der Waals surface area contributed by atoms with Crippen LogP contribution in [0.3, 0.4) is 0 Å². The van der Waals surface area contributed by atoms with E-state index in [-0.39, 0.29) is 17.3 Å². The summed E-state index contributed by atoms with van der Waals surface area (Å²) in [4.78, 5) is 0. The lowest BCUT2D eigenvalue weighted by molar-refractivity contribution is 0.390. The first-order valence-electron chi connectivity index (χ1n) is 5.37. The molecule has 1 aliphatic rings. The summed E-state index contributed by atoms with van der Waals surface area (Å²) in [5.74, 6) is 0.531. The van der Waals surface area contributed by atoms with E-state index >= 15 is 0 Å². The lowest BCUT2D eigenvalue weighted by atomic mass is 9.84. The van der Waals surface area contributed by atoms with Gasteiger partial charge in [-0.25, -0.2) is 4.39 Å². The van der Waals surface area contributed by atoms with Gasteiger partial charge in [0.25, 0.3) is 0 Å². The molecule has 2 atom stereocenters. The molecule has 1 saturated heterocycles. The Kier molecular flexibility index (Phi) is 2.86. The quantitative estimate of drug-likeness (QED) is 0.794. The number of nitrogens with one attached hydrogen (secondary N) is 1. The third kappa shape index (κ3) is 1.90. The van der Waals surface area contributed by atoms with Gasteiger partial charge in [-0.3, -0.25) is 0 Å². The van der Waals surface area contributed by atoms with Crippen molar-refractivity contribution in [3.8, 4) is 5.75 Å². The predicted octanol–water partition coefficient (Wildman–Crippen LogP) is 1.24. The van der Waals surface area contributed by atoms with Gasteiger partial charge in [0.1, 0.15) is 11.6 Å². The largest absolute Gasteiger partial charge is 0.496 e. The van der Waals surface area contributed by atoms with Crippen LogP contribution in [0.2, 0.25) is 0 Å². The lowest BCUT2D eigenvalue weighted by Gasteiger charge is -2.27. The Bertz CT molecular complexity index is 393. The molecule has 0 radical (unpaired) electrons. The van der Waals surface area contributed by atoms with Gasteiger partial charge in [-0.05, 0) is 25.1 Å². The average Bonchev–Trinajstić information content (AvgIpc) is 2.58. The molecule has 4 heteroatoms. The third-order valence-electron chi connectivity index (χ3n) is 3.22. The monoisotopic (exact) mass is 224 g/mol. The summed E-state index contributed by atoms with van der Waals surface area (Å²) >= 11 is 0. The molecule has 0 aromatic heterocycles. The van der Waals surface area contributed by atoms with Gasteiger partial charge >= 0.3 is 0 Å². The van der Waals surface area contributed by atoms with Crippen LogP contribution in [0.5, 0.6) is 5.75 Å². The highest BCUT2D eigenvalue weighted by Crippen LogP contribution is 2.35. The zero-order chi connectivity index (χ0) is 11.8. The van der Waals surface area contributed by atoms with E-state index in [1.807, 2.05) is 6.92 Å². The third-order valence-corrected chi connectivity index (χ3v) is 3.22. The second-order valence-electron chi connectivity index (χ2n) is 4.58. The van der Waals surface area contributed by atoms with E-state index in [0.717, 1.165) is 18.7 Å². The van der Waals surface area contributed by atoms with Gasteiger partial charge in [-0.1, -0.05) is 0 Å². The van der Waals surface area contributed by atoms with E-state index in [4.69, 9.17) is 10.5 Å². The first-order valence-corrected chi connectivity index (χ1v) is 5.37. The molecule has 88 valence electrons. The Labute approximate surface area is 94.8 Å². The summed E-state index contributed by atoms with van der Waals surface area (Å²) in [7, 11) is 1.59. The van der Waals surface area contributed by atoms with Gasteiger partial charge in [0.05, 0.1) is 7.11 Å². The van der Waals surface area contributed by atoms with Crippen LogP contribution in [0, 0.1) is 5.82 Å². The Morgan fingerprint density at radius 2 is 2.31 bits per heavy atom. The Balaban J connectivity index is 2.42. The normalized spacial score (nSPS) is 29.4. The maximum absolute atomic E-state index is 13.3. The molecule has 0 amide bonds. The molecule has 1 heterocycles.